The predicted molar refractivity (Wildman–Crippen MR) is 65.3 cm³/mol. The summed E-state index contributed by atoms with van der Waals surface area (Å²) in [6.45, 7) is 1.85. The molecule has 7 heteroatoms. The number of nitrogen functional groups attached to an aromatic ring is 1. The highest BCUT2D eigenvalue weighted by Crippen LogP contribution is 2.20. The van der Waals surface area contributed by atoms with Gasteiger partial charge in [-0.2, -0.15) is 15.0 Å². The first-order chi connectivity index (χ1) is 8.06. The zero-order valence-electron chi connectivity index (χ0n) is 9.93. The van der Waals surface area contributed by atoms with Crippen LogP contribution in [-0.2, 0) is 0 Å². The fraction of sp³-hybridized carbons (Fsp3) is 0.300. The number of anilines is 4. The standard InChI is InChI=1S/C10H14N6O/c1-6-7(4-5-17-6)12-9-13-8(11)14-10(15-9)16(2)3/h4-5H,1-3H3,(H3,11,12,13,14,15). The second-order valence-corrected chi connectivity index (χ2v) is 3.73. The number of aryl methyl sites for hydroxylation is 1. The van der Waals surface area contributed by atoms with E-state index in [0.717, 1.165) is 11.4 Å². The van der Waals surface area contributed by atoms with Gasteiger partial charge in [0.2, 0.25) is 17.8 Å². The summed E-state index contributed by atoms with van der Waals surface area (Å²) in [6.07, 6.45) is 1.59. The van der Waals surface area contributed by atoms with Crippen LogP contribution in [0.3, 0.4) is 0 Å². The zero-order chi connectivity index (χ0) is 12.4. The number of aromatic nitrogens is 3. The van der Waals surface area contributed by atoms with E-state index in [2.05, 4.69) is 20.3 Å². The quantitative estimate of drug-likeness (QED) is 0.823. The van der Waals surface area contributed by atoms with Crippen molar-refractivity contribution in [2.45, 2.75) is 6.92 Å². The maximum atomic E-state index is 5.61. The average molecular weight is 234 g/mol. The van der Waals surface area contributed by atoms with Crippen LogP contribution in [0.5, 0.6) is 0 Å². The molecular weight excluding hydrogens is 220 g/mol. The maximum Gasteiger partial charge on any atom is 0.233 e. The van der Waals surface area contributed by atoms with Crippen molar-refractivity contribution in [1.82, 2.24) is 15.0 Å². The molecule has 2 aromatic rings. The molecule has 2 heterocycles. The molecule has 17 heavy (non-hydrogen) atoms. The van der Waals surface area contributed by atoms with Crippen molar-refractivity contribution in [3.63, 3.8) is 0 Å². The molecule has 2 aromatic heterocycles. The molecule has 0 saturated heterocycles. The molecule has 90 valence electrons. The van der Waals surface area contributed by atoms with Crippen LogP contribution in [0.15, 0.2) is 16.7 Å². The first kappa shape index (κ1) is 11.2. The Labute approximate surface area is 98.7 Å². The van der Waals surface area contributed by atoms with Crippen LogP contribution in [0.1, 0.15) is 5.76 Å². The van der Waals surface area contributed by atoms with Gasteiger partial charge in [-0.1, -0.05) is 0 Å². The first-order valence-electron chi connectivity index (χ1n) is 5.06. The molecule has 0 fully saturated rings. The highest BCUT2D eigenvalue weighted by atomic mass is 16.3. The summed E-state index contributed by atoms with van der Waals surface area (Å²) >= 11 is 0. The Hall–Kier alpha value is -2.31. The third kappa shape index (κ3) is 2.44. The van der Waals surface area contributed by atoms with Gasteiger partial charge in [0.05, 0.1) is 12.0 Å². The minimum absolute atomic E-state index is 0.173. The highest BCUT2D eigenvalue weighted by molar-refractivity contribution is 5.56. The SMILES string of the molecule is Cc1occc1Nc1nc(N)nc(N(C)C)n1. The Morgan fingerprint density at radius 1 is 1.29 bits per heavy atom. The van der Waals surface area contributed by atoms with Gasteiger partial charge in [0, 0.05) is 20.2 Å². The summed E-state index contributed by atoms with van der Waals surface area (Å²) < 4.78 is 5.17. The lowest BCUT2D eigenvalue weighted by Crippen LogP contribution is -2.15. The third-order valence-electron chi connectivity index (χ3n) is 2.15. The van der Waals surface area contributed by atoms with E-state index in [4.69, 9.17) is 10.2 Å². The van der Waals surface area contributed by atoms with E-state index < -0.39 is 0 Å². The molecule has 0 bridgehead atoms. The van der Waals surface area contributed by atoms with Gasteiger partial charge in [0.15, 0.2) is 0 Å². The largest absolute Gasteiger partial charge is 0.467 e. The van der Waals surface area contributed by atoms with Crippen molar-refractivity contribution in [2.75, 3.05) is 30.0 Å². The molecule has 0 saturated carbocycles. The summed E-state index contributed by atoms with van der Waals surface area (Å²) in [4.78, 5) is 14.0. The van der Waals surface area contributed by atoms with Crippen LogP contribution >= 0.6 is 0 Å². The van der Waals surface area contributed by atoms with Gasteiger partial charge in [-0.3, -0.25) is 0 Å². The van der Waals surface area contributed by atoms with Crippen LogP contribution < -0.4 is 16.0 Å². The summed E-state index contributed by atoms with van der Waals surface area (Å²) in [5, 5.41) is 3.03. The molecule has 0 radical (unpaired) electrons. The lowest BCUT2D eigenvalue weighted by molar-refractivity contribution is 0.535. The van der Waals surface area contributed by atoms with Gasteiger partial charge < -0.3 is 20.4 Å². The predicted octanol–water partition coefficient (Wildman–Crippen LogP) is 1.16. The minimum Gasteiger partial charge on any atom is -0.467 e. The van der Waals surface area contributed by atoms with Gasteiger partial charge in [-0.05, 0) is 6.92 Å². The summed E-state index contributed by atoms with van der Waals surface area (Å²) in [5.74, 6) is 1.83. The van der Waals surface area contributed by atoms with Crippen LogP contribution in [0, 0.1) is 6.92 Å². The van der Waals surface area contributed by atoms with Gasteiger partial charge in [-0.25, -0.2) is 0 Å². The third-order valence-corrected chi connectivity index (χ3v) is 2.15. The smallest absolute Gasteiger partial charge is 0.233 e. The molecule has 0 aliphatic heterocycles. The molecule has 0 aliphatic rings. The second-order valence-electron chi connectivity index (χ2n) is 3.73. The summed E-state index contributed by atoms with van der Waals surface area (Å²) in [7, 11) is 3.67. The molecule has 0 amide bonds. The van der Waals surface area contributed by atoms with Gasteiger partial charge in [0.25, 0.3) is 0 Å². The molecule has 0 aliphatic carbocycles. The fourth-order valence-corrected chi connectivity index (χ4v) is 1.27. The van der Waals surface area contributed by atoms with E-state index in [-0.39, 0.29) is 5.95 Å². The maximum absolute atomic E-state index is 5.61. The Bertz CT molecular complexity index is 521. The molecule has 0 unspecified atom stereocenters. The zero-order valence-corrected chi connectivity index (χ0v) is 9.93. The van der Waals surface area contributed by atoms with Crippen LogP contribution in [0.25, 0.3) is 0 Å². The van der Waals surface area contributed by atoms with Crippen LogP contribution in [0.4, 0.5) is 23.5 Å². The molecular formula is C10H14N6O. The van der Waals surface area contributed by atoms with Gasteiger partial charge in [-0.15, -0.1) is 0 Å². The number of nitrogens with one attached hydrogen (secondary N) is 1. The van der Waals surface area contributed by atoms with Crippen molar-refractivity contribution in [3.05, 3.63) is 18.1 Å². The Morgan fingerprint density at radius 3 is 2.65 bits per heavy atom. The van der Waals surface area contributed by atoms with E-state index in [0.29, 0.717) is 11.9 Å². The molecule has 7 nitrogen and oxygen atoms in total. The number of nitrogens with two attached hydrogens (primary N) is 1. The number of hydrogen-bond acceptors (Lipinski definition) is 7. The Morgan fingerprint density at radius 2 is 2.06 bits per heavy atom. The van der Waals surface area contributed by atoms with E-state index in [9.17, 15) is 0 Å². The van der Waals surface area contributed by atoms with E-state index in [1.165, 1.54) is 0 Å². The van der Waals surface area contributed by atoms with Crippen molar-refractivity contribution in [2.24, 2.45) is 0 Å². The van der Waals surface area contributed by atoms with E-state index in [1.807, 2.05) is 21.0 Å². The van der Waals surface area contributed by atoms with Crippen molar-refractivity contribution < 1.29 is 4.42 Å². The number of nitrogens with zero attached hydrogens (tertiary/aromatic N) is 4. The van der Waals surface area contributed by atoms with Crippen molar-refractivity contribution in [3.8, 4) is 0 Å². The lowest BCUT2D eigenvalue weighted by atomic mass is 10.4. The van der Waals surface area contributed by atoms with Crippen LogP contribution in [-0.4, -0.2) is 29.0 Å². The monoisotopic (exact) mass is 234 g/mol. The second kappa shape index (κ2) is 4.28. The number of furan rings is 1. The van der Waals surface area contributed by atoms with Gasteiger partial charge in [0.1, 0.15) is 5.76 Å². The van der Waals surface area contributed by atoms with Crippen molar-refractivity contribution in [1.29, 1.82) is 0 Å². The van der Waals surface area contributed by atoms with Crippen LogP contribution in [0.2, 0.25) is 0 Å². The first-order valence-corrected chi connectivity index (χ1v) is 5.06. The van der Waals surface area contributed by atoms with Gasteiger partial charge >= 0.3 is 0 Å². The summed E-state index contributed by atoms with van der Waals surface area (Å²) in [6, 6.07) is 1.80. The average Bonchev–Trinajstić information content (AvgIpc) is 2.63. The Kier molecular flexibility index (Phi) is 2.82. The molecule has 3 N–H and O–H groups in total. The number of hydrogen-bond donors (Lipinski definition) is 2. The fourth-order valence-electron chi connectivity index (χ4n) is 1.27. The molecule has 0 aromatic carbocycles. The molecule has 0 atom stereocenters. The lowest BCUT2D eigenvalue weighted by Gasteiger charge is -2.11. The van der Waals surface area contributed by atoms with E-state index in [1.54, 1.807) is 17.2 Å². The Balaban J connectivity index is 2.30. The highest BCUT2D eigenvalue weighted by Gasteiger charge is 2.08. The van der Waals surface area contributed by atoms with E-state index >= 15 is 0 Å². The molecule has 0 spiro atoms. The molecule has 2 rings (SSSR count). The number of rotatable bonds is 3. The topological polar surface area (TPSA) is 93.1 Å². The summed E-state index contributed by atoms with van der Waals surface area (Å²) in [5.41, 5.74) is 6.42. The normalized spacial score (nSPS) is 10.3. The minimum atomic E-state index is 0.173. The van der Waals surface area contributed by atoms with Crippen molar-refractivity contribution >= 4 is 23.5 Å².